The number of thiocarbonyl (C=S) groups is 1. The predicted octanol–water partition coefficient (Wildman–Crippen LogP) is 7.48. The maximum Gasteiger partial charge on any atom is 0.435 e. The fourth-order valence-electron chi connectivity index (χ4n) is 3.36. The van der Waals surface area contributed by atoms with E-state index < -0.39 is 29.9 Å². The molecule has 2 aromatic rings. The second-order valence-electron chi connectivity index (χ2n) is 7.34. The van der Waals surface area contributed by atoms with Gasteiger partial charge in [-0.25, -0.2) is 0 Å². The van der Waals surface area contributed by atoms with Gasteiger partial charge in [-0.2, -0.15) is 38.1 Å². The summed E-state index contributed by atoms with van der Waals surface area (Å²) in [6, 6.07) is 6.85. The first kappa shape index (κ1) is 27.1. The molecule has 184 valence electrons. The van der Waals surface area contributed by atoms with Gasteiger partial charge in [-0.1, -0.05) is 47.2 Å². The molecule has 0 saturated heterocycles. The molecular weight excluding hydrogens is 590 g/mol. The van der Waals surface area contributed by atoms with E-state index in [1.54, 1.807) is 6.26 Å². The molecular formula is C21H16BrClF6N2OS2. The molecule has 1 heterocycles. The highest BCUT2D eigenvalue weighted by Crippen LogP contribution is 2.50. The zero-order chi connectivity index (χ0) is 25.3. The Hall–Kier alpha value is -1.50. The van der Waals surface area contributed by atoms with Crippen LogP contribution in [0.2, 0.25) is 5.02 Å². The molecule has 34 heavy (non-hydrogen) atoms. The molecule has 0 radical (unpaired) electrons. The minimum absolute atomic E-state index is 0.0220. The van der Waals surface area contributed by atoms with Crippen molar-refractivity contribution in [2.24, 2.45) is 5.16 Å². The minimum atomic E-state index is -4.92. The molecule has 0 spiro atoms. The number of hydrogen-bond donors (Lipinski definition) is 1. The molecule has 1 atom stereocenters. The van der Waals surface area contributed by atoms with Crippen molar-refractivity contribution < 1.29 is 31.2 Å². The zero-order valence-corrected chi connectivity index (χ0v) is 21.3. The molecule has 1 N–H and O–H groups in total. The summed E-state index contributed by atoms with van der Waals surface area (Å²) >= 11 is 15.6. The van der Waals surface area contributed by atoms with Crippen molar-refractivity contribution in [3.05, 3.63) is 68.1 Å². The normalized spacial score (nSPS) is 18.4. The smallest absolute Gasteiger partial charge is 0.375 e. The maximum atomic E-state index is 14.1. The van der Waals surface area contributed by atoms with Crippen molar-refractivity contribution in [2.45, 2.75) is 30.9 Å². The summed E-state index contributed by atoms with van der Waals surface area (Å²) in [5, 5.41) is 6.32. The highest BCUT2D eigenvalue weighted by atomic mass is 79.9. The van der Waals surface area contributed by atoms with Crippen molar-refractivity contribution in [2.75, 3.05) is 12.0 Å². The van der Waals surface area contributed by atoms with Gasteiger partial charge >= 0.3 is 12.4 Å². The molecule has 1 aliphatic heterocycles. The Balaban J connectivity index is 1.95. The Morgan fingerprint density at radius 3 is 2.50 bits per heavy atom. The van der Waals surface area contributed by atoms with Crippen LogP contribution in [-0.4, -0.2) is 28.9 Å². The molecule has 1 aliphatic rings. The third kappa shape index (κ3) is 5.66. The Morgan fingerprint density at radius 2 is 1.91 bits per heavy atom. The molecule has 0 aliphatic carbocycles. The van der Waals surface area contributed by atoms with Crippen LogP contribution in [0.4, 0.5) is 26.3 Å². The van der Waals surface area contributed by atoms with E-state index in [0.29, 0.717) is 15.2 Å². The van der Waals surface area contributed by atoms with Crippen LogP contribution in [0.3, 0.4) is 0 Å². The summed E-state index contributed by atoms with van der Waals surface area (Å²) in [4.78, 5) is 5.28. The van der Waals surface area contributed by atoms with Crippen molar-refractivity contribution in [1.29, 1.82) is 0 Å². The number of nitrogens with one attached hydrogen (secondary N) is 1. The minimum Gasteiger partial charge on any atom is -0.375 e. The lowest BCUT2D eigenvalue weighted by atomic mass is 9.86. The Morgan fingerprint density at radius 1 is 1.21 bits per heavy atom. The number of hydrogen-bond acceptors (Lipinski definition) is 4. The van der Waals surface area contributed by atoms with Gasteiger partial charge in [0.1, 0.15) is 0 Å². The summed E-state index contributed by atoms with van der Waals surface area (Å²) in [6.07, 6.45) is -8.67. The number of alkyl halides is 6. The van der Waals surface area contributed by atoms with Gasteiger partial charge in [-0.05, 0) is 45.9 Å². The fraction of sp³-hybridized carbons (Fsp3) is 0.333. The summed E-state index contributed by atoms with van der Waals surface area (Å²) in [7, 11) is 0. The number of nitrogens with zero attached hydrogens (tertiary/aromatic N) is 1. The lowest BCUT2D eigenvalue weighted by molar-refractivity contribution is -0.275. The molecule has 0 saturated carbocycles. The standard InChI is InChI=1S/C21H16BrClF6N2OS2/c1-34-10-18(33)30-9-12-3-2-11(6-14(12)20(24,25)26)17-8-19(32-31-17,21(27,28)29)13-4-5-15(22)16(23)7-13/h2-7H,8-10H2,1H3,(H,30,33). The van der Waals surface area contributed by atoms with Crippen molar-refractivity contribution in [3.8, 4) is 0 Å². The van der Waals surface area contributed by atoms with Gasteiger partial charge in [-0.3, -0.25) is 0 Å². The monoisotopic (exact) mass is 604 g/mol. The highest BCUT2D eigenvalue weighted by Gasteiger charge is 2.62. The first-order valence-electron chi connectivity index (χ1n) is 9.52. The van der Waals surface area contributed by atoms with Crippen LogP contribution in [0, 0.1) is 0 Å². The molecule has 2 aromatic carbocycles. The first-order chi connectivity index (χ1) is 15.8. The van der Waals surface area contributed by atoms with Gasteiger partial charge in [0.15, 0.2) is 0 Å². The van der Waals surface area contributed by atoms with Crippen LogP contribution >= 0.6 is 51.5 Å². The summed E-state index contributed by atoms with van der Waals surface area (Å²) in [6.45, 7) is -0.179. The molecule has 1 unspecified atom stereocenters. The summed E-state index contributed by atoms with van der Waals surface area (Å²) in [5.74, 6) is 0.447. The van der Waals surface area contributed by atoms with Gasteiger partial charge in [0.2, 0.25) is 0 Å². The van der Waals surface area contributed by atoms with Crippen LogP contribution in [0.15, 0.2) is 46.0 Å². The Labute approximate surface area is 214 Å². The number of oxime groups is 1. The quantitative estimate of drug-likeness (QED) is 0.273. The van der Waals surface area contributed by atoms with E-state index in [0.717, 1.165) is 12.1 Å². The highest BCUT2D eigenvalue weighted by molar-refractivity contribution is 9.10. The molecule has 0 fully saturated rings. The summed E-state index contributed by atoms with van der Waals surface area (Å²) in [5.41, 5.74) is -4.68. The molecule has 0 aromatic heterocycles. The largest absolute Gasteiger partial charge is 0.435 e. The van der Waals surface area contributed by atoms with Crippen LogP contribution in [0.5, 0.6) is 0 Å². The van der Waals surface area contributed by atoms with Crippen molar-refractivity contribution in [1.82, 2.24) is 5.32 Å². The van der Waals surface area contributed by atoms with Crippen molar-refractivity contribution in [3.63, 3.8) is 0 Å². The molecule has 3 nitrogen and oxygen atoms in total. The summed E-state index contributed by atoms with van der Waals surface area (Å²) < 4.78 is 84.0. The van der Waals surface area contributed by atoms with E-state index in [9.17, 15) is 26.3 Å². The van der Waals surface area contributed by atoms with E-state index >= 15 is 0 Å². The van der Waals surface area contributed by atoms with E-state index in [2.05, 4.69) is 26.4 Å². The second kappa shape index (κ2) is 10.2. The topological polar surface area (TPSA) is 33.6 Å². The van der Waals surface area contributed by atoms with E-state index in [1.165, 1.54) is 36.0 Å². The van der Waals surface area contributed by atoms with Crippen molar-refractivity contribution >= 4 is 62.2 Å². The van der Waals surface area contributed by atoms with Gasteiger partial charge in [0.25, 0.3) is 5.60 Å². The molecule has 0 bridgehead atoms. The van der Waals surface area contributed by atoms with Gasteiger partial charge < -0.3 is 10.2 Å². The van der Waals surface area contributed by atoms with Crippen LogP contribution in [0.25, 0.3) is 0 Å². The van der Waals surface area contributed by atoms with Gasteiger partial charge in [-0.15, -0.1) is 0 Å². The van der Waals surface area contributed by atoms with Gasteiger partial charge in [0.05, 0.1) is 21.3 Å². The first-order valence-corrected chi connectivity index (χ1v) is 12.5. The average molecular weight is 606 g/mol. The molecule has 3 rings (SSSR count). The molecule has 0 amide bonds. The number of benzene rings is 2. The van der Waals surface area contributed by atoms with Crippen LogP contribution in [0.1, 0.15) is 28.7 Å². The van der Waals surface area contributed by atoms with E-state index in [1.807, 2.05) is 0 Å². The average Bonchev–Trinajstić information content (AvgIpc) is 3.20. The Bertz CT molecular complexity index is 1130. The van der Waals surface area contributed by atoms with E-state index in [-0.39, 0.29) is 34.0 Å². The van der Waals surface area contributed by atoms with Crippen LogP contribution < -0.4 is 5.32 Å². The molecule has 13 heteroatoms. The number of halogens is 8. The SMILES string of the molecule is CSCC(=S)NCc1ccc(C2=NOC(c3ccc(Br)c(Cl)c3)(C(F)(F)F)C2)cc1C(F)(F)F. The third-order valence-corrected chi connectivity index (χ3v) is 7.35. The lowest BCUT2D eigenvalue weighted by Gasteiger charge is -2.29. The van der Waals surface area contributed by atoms with Crippen LogP contribution in [-0.2, 0) is 23.2 Å². The number of rotatable bonds is 6. The second-order valence-corrected chi connectivity index (χ2v) is 9.96. The zero-order valence-electron chi connectivity index (χ0n) is 17.3. The maximum absolute atomic E-state index is 14.1. The predicted molar refractivity (Wildman–Crippen MR) is 128 cm³/mol. The van der Waals surface area contributed by atoms with E-state index in [4.69, 9.17) is 28.7 Å². The lowest BCUT2D eigenvalue weighted by Crippen LogP contribution is -2.42. The number of thioether (sulfide) groups is 1. The Kier molecular flexibility index (Phi) is 8.16. The third-order valence-electron chi connectivity index (χ3n) is 5.07. The van der Waals surface area contributed by atoms with Gasteiger partial charge in [0, 0.05) is 34.3 Å². The fourth-order valence-corrected chi connectivity index (χ4v) is 4.57.